The molecular weight excluding hydrogens is 378 g/mol. The topological polar surface area (TPSA) is 99.1 Å². The minimum Gasteiger partial charge on any atom is -0.322 e. The van der Waals surface area contributed by atoms with Gasteiger partial charge in [0.05, 0.1) is 17.3 Å². The summed E-state index contributed by atoms with van der Waals surface area (Å²) in [6.07, 6.45) is 0. The third kappa shape index (κ3) is 4.28. The molecule has 2 rings (SSSR count). The number of nitriles is 1. The van der Waals surface area contributed by atoms with Crippen molar-refractivity contribution in [3.63, 3.8) is 0 Å². The van der Waals surface area contributed by atoms with Crippen LogP contribution in [-0.4, -0.2) is 19.8 Å². The van der Waals surface area contributed by atoms with E-state index in [0.717, 1.165) is 16.9 Å². The molecule has 0 radical (unpaired) electrons. The Morgan fingerprint density at radius 3 is 2.19 bits per heavy atom. The molecular formula is C15H9F4N3O3S. The van der Waals surface area contributed by atoms with E-state index in [4.69, 9.17) is 5.26 Å². The van der Waals surface area contributed by atoms with Crippen molar-refractivity contribution >= 4 is 27.3 Å². The van der Waals surface area contributed by atoms with Crippen LogP contribution in [0, 0.1) is 17.1 Å². The Morgan fingerprint density at radius 2 is 1.69 bits per heavy atom. The minimum absolute atomic E-state index is 0.105. The van der Waals surface area contributed by atoms with Crippen molar-refractivity contribution in [3.8, 4) is 6.07 Å². The summed E-state index contributed by atoms with van der Waals surface area (Å²) in [6.45, 7) is 0. The molecule has 26 heavy (non-hydrogen) atoms. The highest BCUT2D eigenvalue weighted by molar-refractivity contribution is 7.93. The maximum absolute atomic E-state index is 13.8. The third-order valence-corrected chi connectivity index (χ3v) is 4.15. The smallest absolute Gasteiger partial charge is 0.322 e. The van der Waals surface area contributed by atoms with E-state index in [2.05, 4.69) is 5.32 Å². The molecule has 6 nitrogen and oxygen atoms in total. The third-order valence-electron chi connectivity index (χ3n) is 3.05. The first-order valence-corrected chi connectivity index (χ1v) is 8.22. The molecule has 0 unspecified atom stereocenters. The fourth-order valence-electron chi connectivity index (χ4n) is 1.78. The summed E-state index contributed by atoms with van der Waals surface area (Å²) in [5, 5.41) is 11.0. The number of alkyl halides is 3. The standard InChI is InChI=1S/C15H9F4N3O3S/c16-12-7-11(5-6-13(12)22-26(24,25)15(17,18)19)21-14(23)10-3-1-9(8-20)2-4-10/h1-7,22H,(H,21,23). The van der Waals surface area contributed by atoms with E-state index < -0.39 is 32.9 Å². The van der Waals surface area contributed by atoms with Crippen molar-refractivity contribution < 1.29 is 30.8 Å². The van der Waals surface area contributed by atoms with Crippen molar-refractivity contribution in [2.45, 2.75) is 5.51 Å². The van der Waals surface area contributed by atoms with Crippen LogP contribution in [0.25, 0.3) is 0 Å². The zero-order chi connectivity index (χ0) is 19.5. The fraction of sp³-hybridized carbons (Fsp3) is 0.0667. The van der Waals surface area contributed by atoms with Gasteiger partial charge in [-0.15, -0.1) is 0 Å². The zero-order valence-electron chi connectivity index (χ0n) is 12.6. The second-order valence-corrected chi connectivity index (χ2v) is 6.56. The Hall–Kier alpha value is -3.13. The molecule has 0 saturated carbocycles. The molecule has 0 fully saturated rings. The number of sulfonamides is 1. The Morgan fingerprint density at radius 1 is 1.08 bits per heavy atom. The fourth-order valence-corrected chi connectivity index (χ4v) is 2.35. The summed E-state index contributed by atoms with van der Waals surface area (Å²) in [5.74, 6) is -1.96. The molecule has 0 saturated heterocycles. The molecule has 0 aliphatic heterocycles. The van der Waals surface area contributed by atoms with Crippen LogP contribution < -0.4 is 10.0 Å². The van der Waals surface area contributed by atoms with Crippen LogP contribution >= 0.6 is 0 Å². The molecule has 136 valence electrons. The van der Waals surface area contributed by atoms with E-state index in [1.807, 2.05) is 6.07 Å². The van der Waals surface area contributed by atoms with Crippen molar-refractivity contribution in [2.75, 3.05) is 10.0 Å². The summed E-state index contributed by atoms with van der Waals surface area (Å²) in [7, 11) is -5.76. The highest BCUT2D eigenvalue weighted by Crippen LogP contribution is 2.27. The minimum atomic E-state index is -5.76. The van der Waals surface area contributed by atoms with Gasteiger partial charge in [-0.05, 0) is 42.5 Å². The van der Waals surface area contributed by atoms with Crippen molar-refractivity contribution in [3.05, 3.63) is 59.4 Å². The van der Waals surface area contributed by atoms with Gasteiger partial charge in [0.1, 0.15) is 5.82 Å². The van der Waals surface area contributed by atoms with Crippen LogP contribution in [0.2, 0.25) is 0 Å². The largest absolute Gasteiger partial charge is 0.516 e. The predicted molar refractivity (Wildman–Crippen MR) is 84.1 cm³/mol. The van der Waals surface area contributed by atoms with Gasteiger partial charge in [-0.25, -0.2) is 4.39 Å². The van der Waals surface area contributed by atoms with Gasteiger partial charge in [-0.1, -0.05) is 0 Å². The highest BCUT2D eigenvalue weighted by atomic mass is 32.2. The summed E-state index contributed by atoms with van der Waals surface area (Å²) >= 11 is 0. The molecule has 0 heterocycles. The molecule has 0 aliphatic carbocycles. The lowest BCUT2D eigenvalue weighted by Crippen LogP contribution is -2.30. The summed E-state index contributed by atoms with van der Waals surface area (Å²) in [6, 6.07) is 9.80. The van der Waals surface area contributed by atoms with Gasteiger partial charge < -0.3 is 5.32 Å². The molecule has 2 N–H and O–H groups in total. The first-order valence-electron chi connectivity index (χ1n) is 6.73. The van der Waals surface area contributed by atoms with Gasteiger partial charge in [-0.2, -0.15) is 26.9 Å². The van der Waals surface area contributed by atoms with E-state index in [0.29, 0.717) is 11.6 Å². The van der Waals surface area contributed by atoms with Crippen LogP contribution in [-0.2, 0) is 10.0 Å². The van der Waals surface area contributed by atoms with Gasteiger partial charge in [0.2, 0.25) is 0 Å². The molecule has 0 atom stereocenters. The molecule has 11 heteroatoms. The van der Waals surface area contributed by atoms with Crippen LogP contribution in [0.5, 0.6) is 0 Å². The Labute approximate surface area is 145 Å². The van der Waals surface area contributed by atoms with Crippen molar-refractivity contribution in [1.82, 2.24) is 0 Å². The average molecular weight is 387 g/mol. The summed E-state index contributed by atoms with van der Waals surface area (Å²) in [4.78, 5) is 12.0. The zero-order valence-corrected chi connectivity index (χ0v) is 13.5. The second-order valence-electron chi connectivity index (χ2n) is 4.89. The van der Waals surface area contributed by atoms with E-state index in [-0.39, 0.29) is 11.3 Å². The van der Waals surface area contributed by atoms with Crippen LogP contribution in [0.1, 0.15) is 15.9 Å². The molecule has 0 aromatic heterocycles. The number of halogens is 4. The Balaban J connectivity index is 2.16. The van der Waals surface area contributed by atoms with Crippen LogP contribution in [0.15, 0.2) is 42.5 Å². The first kappa shape index (κ1) is 19.2. The first-order chi connectivity index (χ1) is 12.0. The van der Waals surface area contributed by atoms with E-state index in [9.17, 15) is 30.8 Å². The maximum atomic E-state index is 13.8. The lowest BCUT2D eigenvalue weighted by Gasteiger charge is -2.12. The van der Waals surface area contributed by atoms with Crippen LogP contribution in [0.3, 0.4) is 0 Å². The summed E-state index contributed by atoms with van der Waals surface area (Å²) in [5.41, 5.74) is -6.13. The quantitative estimate of drug-likeness (QED) is 0.787. The molecule has 2 aromatic rings. The number of nitrogens with zero attached hydrogens (tertiary/aromatic N) is 1. The number of nitrogens with one attached hydrogen (secondary N) is 2. The lowest BCUT2D eigenvalue weighted by molar-refractivity contribution is -0.0429. The number of rotatable bonds is 4. The molecule has 1 amide bonds. The number of amides is 1. The number of anilines is 2. The predicted octanol–water partition coefficient (Wildman–Crippen LogP) is 3.21. The maximum Gasteiger partial charge on any atom is 0.516 e. The number of carbonyl (C=O) groups excluding carboxylic acids is 1. The lowest BCUT2D eigenvalue weighted by atomic mass is 10.1. The Kier molecular flexibility index (Phi) is 5.17. The molecule has 0 spiro atoms. The molecule has 0 aliphatic rings. The van der Waals surface area contributed by atoms with Crippen molar-refractivity contribution in [1.29, 1.82) is 5.26 Å². The van der Waals surface area contributed by atoms with Crippen LogP contribution in [0.4, 0.5) is 28.9 Å². The monoisotopic (exact) mass is 387 g/mol. The van der Waals surface area contributed by atoms with Gasteiger partial charge >= 0.3 is 15.5 Å². The highest BCUT2D eigenvalue weighted by Gasteiger charge is 2.46. The number of carbonyl (C=O) groups is 1. The van der Waals surface area contributed by atoms with E-state index in [1.54, 1.807) is 0 Å². The van der Waals surface area contributed by atoms with Gasteiger partial charge in [0.25, 0.3) is 5.91 Å². The van der Waals surface area contributed by atoms with E-state index in [1.165, 1.54) is 24.3 Å². The molecule has 0 bridgehead atoms. The summed E-state index contributed by atoms with van der Waals surface area (Å²) < 4.78 is 73.8. The number of hydrogen-bond acceptors (Lipinski definition) is 4. The molecule has 2 aromatic carbocycles. The normalized spacial score (nSPS) is 11.5. The number of hydrogen-bond donors (Lipinski definition) is 2. The second kappa shape index (κ2) is 7.01. The van der Waals surface area contributed by atoms with Gasteiger partial charge in [0.15, 0.2) is 0 Å². The SMILES string of the molecule is N#Cc1ccc(C(=O)Nc2ccc(NS(=O)(=O)C(F)(F)F)c(F)c2)cc1. The van der Waals surface area contributed by atoms with E-state index >= 15 is 0 Å². The van der Waals surface area contributed by atoms with Crippen molar-refractivity contribution in [2.24, 2.45) is 0 Å². The average Bonchev–Trinajstić information content (AvgIpc) is 2.56. The number of benzene rings is 2. The van der Waals surface area contributed by atoms with Gasteiger partial charge in [-0.3, -0.25) is 9.52 Å². The Bertz CT molecular complexity index is 981. The van der Waals surface area contributed by atoms with Gasteiger partial charge in [0, 0.05) is 11.3 Å².